The number of carbonyl (C=O) groups excluding carboxylic acids is 3. The molecule has 3 heterocycles. The number of aromatic nitrogens is 2. The molecule has 3 amide bonds. The molecule has 7 rings (SSSR count). The number of sulfonamides is 1. The summed E-state index contributed by atoms with van der Waals surface area (Å²) < 4.78 is 33.9. The van der Waals surface area contributed by atoms with Gasteiger partial charge in [-0.15, -0.1) is 0 Å². The SMILES string of the molecule is Cc1nc2ccccc2nc1O[C@@H]1C[C@H]2C(=O)N[C@]3(C(=O)NS(=O)(=O)C4(C)CC4)C[C@H]3C=CCCCCC[C@H](Nc3ccccc3)C(=O)N2C1. The van der Waals surface area contributed by atoms with E-state index in [2.05, 4.69) is 25.3 Å². The summed E-state index contributed by atoms with van der Waals surface area (Å²) in [6.07, 6.45) is 8.60. The average molecular weight is 701 g/mol. The quantitative estimate of drug-likeness (QED) is 0.308. The van der Waals surface area contributed by atoms with Crippen LogP contribution in [0.5, 0.6) is 5.88 Å². The highest BCUT2D eigenvalue weighted by Crippen LogP contribution is 2.47. The molecule has 3 N–H and O–H groups in total. The van der Waals surface area contributed by atoms with Crippen molar-refractivity contribution in [1.82, 2.24) is 24.9 Å². The number of hydrogen-bond acceptors (Lipinski definition) is 9. The van der Waals surface area contributed by atoms with Crippen LogP contribution in [-0.4, -0.2) is 76.0 Å². The first kappa shape index (κ1) is 34.0. The summed E-state index contributed by atoms with van der Waals surface area (Å²) in [5, 5.41) is 6.34. The molecule has 0 spiro atoms. The highest BCUT2D eigenvalue weighted by molar-refractivity contribution is 7.91. The number of aryl methyl sites for hydroxylation is 1. The molecule has 4 aliphatic rings. The minimum atomic E-state index is -3.94. The third-order valence-electron chi connectivity index (χ3n) is 10.6. The smallest absolute Gasteiger partial charge is 0.259 e. The monoisotopic (exact) mass is 700 g/mol. The molecule has 1 aromatic heterocycles. The average Bonchev–Trinajstić information content (AvgIpc) is 3.97. The molecular formula is C37H44N6O6S. The van der Waals surface area contributed by atoms with Crippen LogP contribution in [0.1, 0.15) is 70.4 Å². The molecule has 2 aliphatic carbocycles. The molecule has 264 valence electrons. The topological polar surface area (TPSA) is 160 Å². The lowest BCUT2D eigenvalue weighted by atomic mass is 10.0. The van der Waals surface area contributed by atoms with E-state index < -0.39 is 50.3 Å². The third kappa shape index (κ3) is 6.79. The number of rotatable bonds is 7. The minimum absolute atomic E-state index is 0.118. The van der Waals surface area contributed by atoms with Crippen molar-refractivity contribution in [2.45, 2.75) is 100 Å². The largest absolute Gasteiger partial charge is 0.471 e. The molecule has 0 radical (unpaired) electrons. The number of nitrogens with one attached hydrogen (secondary N) is 3. The van der Waals surface area contributed by atoms with Gasteiger partial charge in [-0.05, 0) is 76.6 Å². The van der Waals surface area contributed by atoms with Crippen molar-refractivity contribution in [2.24, 2.45) is 5.92 Å². The summed E-state index contributed by atoms with van der Waals surface area (Å²) in [5.41, 5.74) is 1.33. The summed E-state index contributed by atoms with van der Waals surface area (Å²) in [6, 6.07) is 15.4. The van der Waals surface area contributed by atoms with Gasteiger partial charge in [-0.1, -0.05) is 55.3 Å². The molecule has 2 aromatic carbocycles. The minimum Gasteiger partial charge on any atom is -0.471 e. The standard InChI is InChI=1S/C37H44N6O6S/c1-24-33(40-29-17-12-11-16-28(29)38-24)49-27-21-31-32(44)41-37(35(46)42-50(47,48)36(2)19-20-36)22-25(37)13-7-4-3-5-10-18-30(34(45)43(31)23-27)39-26-14-8-6-9-15-26/h6-9,11-17,25,27,30-31,39H,3-5,10,18-23H2,1-2H3,(H,41,44)(H,42,46)/t25-,27-,30+,31+,37-/m1/s1. The molecule has 2 saturated carbocycles. The molecule has 2 aliphatic heterocycles. The maximum atomic E-state index is 14.5. The fourth-order valence-corrected chi connectivity index (χ4v) is 8.34. The van der Waals surface area contributed by atoms with Crippen LogP contribution in [0.25, 0.3) is 11.0 Å². The van der Waals surface area contributed by atoms with Gasteiger partial charge in [-0.25, -0.2) is 18.4 Å². The van der Waals surface area contributed by atoms with Gasteiger partial charge in [-0.2, -0.15) is 0 Å². The second kappa shape index (κ2) is 13.3. The van der Waals surface area contributed by atoms with Crippen LogP contribution in [0, 0.1) is 12.8 Å². The maximum absolute atomic E-state index is 14.5. The Labute approximate surface area is 292 Å². The van der Waals surface area contributed by atoms with Crippen molar-refractivity contribution in [3.8, 4) is 5.88 Å². The Bertz CT molecular complexity index is 1930. The number of ether oxygens (including phenoxy) is 1. The van der Waals surface area contributed by atoms with E-state index in [1.807, 2.05) is 66.7 Å². The lowest BCUT2D eigenvalue weighted by Crippen LogP contribution is -2.58. The number of nitrogens with zero attached hydrogens (tertiary/aromatic N) is 3. The Hall–Kier alpha value is -4.52. The van der Waals surface area contributed by atoms with Crippen LogP contribution in [-0.2, 0) is 24.4 Å². The highest BCUT2D eigenvalue weighted by atomic mass is 32.2. The van der Waals surface area contributed by atoms with Gasteiger partial charge in [0.15, 0.2) is 0 Å². The normalized spacial score (nSPS) is 28.0. The van der Waals surface area contributed by atoms with Crippen molar-refractivity contribution in [3.63, 3.8) is 0 Å². The molecule has 0 bridgehead atoms. The van der Waals surface area contributed by atoms with E-state index in [4.69, 9.17) is 4.74 Å². The lowest BCUT2D eigenvalue weighted by molar-refractivity contribution is -0.140. The first-order valence-corrected chi connectivity index (χ1v) is 19.0. The first-order valence-electron chi connectivity index (χ1n) is 17.6. The number of allylic oxidation sites excluding steroid dienone is 1. The number of anilines is 1. The van der Waals surface area contributed by atoms with E-state index in [0.29, 0.717) is 36.4 Å². The van der Waals surface area contributed by atoms with E-state index in [-0.39, 0.29) is 31.2 Å². The van der Waals surface area contributed by atoms with Crippen molar-refractivity contribution in [3.05, 3.63) is 72.4 Å². The zero-order valence-electron chi connectivity index (χ0n) is 28.4. The predicted molar refractivity (Wildman–Crippen MR) is 189 cm³/mol. The number of hydrogen-bond donors (Lipinski definition) is 3. The molecule has 0 unspecified atom stereocenters. The van der Waals surface area contributed by atoms with Crippen molar-refractivity contribution in [1.29, 1.82) is 0 Å². The van der Waals surface area contributed by atoms with Crippen molar-refractivity contribution >= 4 is 44.5 Å². The number of fused-ring (bicyclic) bond motifs is 3. The predicted octanol–water partition coefficient (Wildman–Crippen LogP) is 4.16. The second-order valence-corrected chi connectivity index (χ2v) is 16.6. The fourth-order valence-electron chi connectivity index (χ4n) is 7.02. The van der Waals surface area contributed by atoms with Gasteiger partial charge in [0, 0.05) is 18.0 Å². The Morgan fingerprint density at radius 3 is 2.46 bits per heavy atom. The highest BCUT2D eigenvalue weighted by Gasteiger charge is 2.63. The maximum Gasteiger partial charge on any atom is 0.259 e. The molecule has 12 nitrogen and oxygen atoms in total. The van der Waals surface area contributed by atoms with E-state index in [1.165, 1.54) is 0 Å². The molecule has 1 saturated heterocycles. The Morgan fingerprint density at radius 1 is 1.00 bits per heavy atom. The second-order valence-electron chi connectivity index (χ2n) is 14.4. The van der Waals surface area contributed by atoms with E-state index >= 15 is 0 Å². The van der Waals surface area contributed by atoms with Crippen LogP contribution in [0.2, 0.25) is 0 Å². The fraction of sp³-hybridized carbons (Fsp3) is 0.486. The first-order chi connectivity index (χ1) is 24.0. The number of amides is 3. The number of benzene rings is 2. The van der Waals surface area contributed by atoms with Crippen LogP contribution in [0.3, 0.4) is 0 Å². The molecule has 3 fully saturated rings. The summed E-state index contributed by atoms with van der Waals surface area (Å²) >= 11 is 0. The van der Waals surface area contributed by atoms with Gasteiger partial charge in [0.1, 0.15) is 29.4 Å². The summed E-state index contributed by atoms with van der Waals surface area (Å²) in [6.45, 7) is 3.54. The lowest BCUT2D eigenvalue weighted by Gasteiger charge is -2.30. The van der Waals surface area contributed by atoms with Gasteiger partial charge >= 0.3 is 0 Å². The number of carbonyl (C=O) groups is 3. The van der Waals surface area contributed by atoms with Gasteiger partial charge in [-0.3, -0.25) is 19.1 Å². The van der Waals surface area contributed by atoms with Gasteiger partial charge < -0.3 is 20.3 Å². The summed E-state index contributed by atoms with van der Waals surface area (Å²) in [7, 11) is -3.94. The summed E-state index contributed by atoms with van der Waals surface area (Å²) in [4.78, 5) is 53.5. The van der Waals surface area contributed by atoms with Crippen LogP contribution < -0.4 is 20.1 Å². The zero-order valence-corrected chi connectivity index (χ0v) is 29.2. The van der Waals surface area contributed by atoms with Crippen molar-refractivity contribution in [2.75, 3.05) is 11.9 Å². The van der Waals surface area contributed by atoms with E-state index in [0.717, 1.165) is 36.9 Å². The van der Waals surface area contributed by atoms with Crippen molar-refractivity contribution < 1.29 is 27.5 Å². The molecule has 13 heteroatoms. The molecule has 50 heavy (non-hydrogen) atoms. The van der Waals surface area contributed by atoms with Crippen LogP contribution in [0.15, 0.2) is 66.7 Å². The van der Waals surface area contributed by atoms with E-state index in [9.17, 15) is 22.8 Å². The van der Waals surface area contributed by atoms with Crippen LogP contribution >= 0.6 is 0 Å². The number of para-hydroxylation sites is 3. The molecule has 5 atom stereocenters. The van der Waals surface area contributed by atoms with Gasteiger partial charge in [0.25, 0.3) is 5.91 Å². The van der Waals surface area contributed by atoms with E-state index in [1.54, 1.807) is 18.7 Å². The Morgan fingerprint density at radius 2 is 1.72 bits per heavy atom. The van der Waals surface area contributed by atoms with Crippen LogP contribution in [0.4, 0.5) is 5.69 Å². The summed E-state index contributed by atoms with van der Waals surface area (Å²) in [5.74, 6) is -1.57. The molecule has 3 aromatic rings. The third-order valence-corrected chi connectivity index (χ3v) is 12.7. The van der Waals surface area contributed by atoms with Gasteiger partial charge in [0.05, 0.1) is 22.3 Å². The Balaban J connectivity index is 1.19. The molecular weight excluding hydrogens is 657 g/mol. The van der Waals surface area contributed by atoms with Gasteiger partial charge in [0.2, 0.25) is 27.7 Å². The Kier molecular flexibility index (Phi) is 9.04. The zero-order chi connectivity index (χ0) is 35.1.